The Kier molecular flexibility index (Phi) is 4.87. The second-order valence-electron chi connectivity index (χ2n) is 2.65. The van der Waals surface area contributed by atoms with Gasteiger partial charge in [-0.2, -0.15) is 0 Å². The van der Waals surface area contributed by atoms with Crippen LogP contribution in [0.4, 0.5) is 0 Å². The number of aliphatic hydroxyl groups is 2. The van der Waals surface area contributed by atoms with Crippen molar-refractivity contribution in [1.82, 2.24) is 0 Å². The quantitative estimate of drug-likeness (QED) is 0.334. The highest BCUT2D eigenvalue weighted by Crippen LogP contribution is 2.29. The Hall–Kier alpha value is 1.69. The molecule has 1 fully saturated rings. The summed E-state index contributed by atoms with van der Waals surface area (Å²) in [6.45, 7) is 0. The Balaban J connectivity index is 2.63. The van der Waals surface area contributed by atoms with Crippen LogP contribution in [0.1, 0.15) is 0 Å². The highest BCUT2D eigenvalue weighted by Gasteiger charge is 2.40. The number of ether oxygens (including phenoxy) is 1. The van der Waals surface area contributed by atoms with Crippen molar-refractivity contribution in [2.45, 2.75) is 27.7 Å². The van der Waals surface area contributed by atoms with Crippen LogP contribution in [0.15, 0.2) is 0 Å². The molecule has 72 valence electrons. The topological polar surface area (TPSA) is 49.7 Å². The summed E-state index contributed by atoms with van der Waals surface area (Å²) in [6.07, 6.45) is -1.64. The zero-order valence-corrected chi connectivity index (χ0v) is 11.3. The summed E-state index contributed by atoms with van der Waals surface area (Å²) < 4.78 is 6.11. The van der Waals surface area contributed by atoms with Gasteiger partial charge in [0.15, 0.2) is 0 Å². The molecular formula is C6H10I2O3S. The third-order valence-corrected chi connectivity index (χ3v) is 4.62. The van der Waals surface area contributed by atoms with Crippen LogP contribution >= 0.6 is 57.8 Å². The van der Waals surface area contributed by atoms with Gasteiger partial charge in [-0.1, -0.05) is 45.2 Å². The molecule has 0 amide bonds. The molecule has 1 heterocycles. The molecule has 1 aliphatic rings. The zero-order valence-electron chi connectivity index (χ0n) is 6.10. The fourth-order valence-corrected chi connectivity index (χ4v) is 3.94. The molecule has 5 atom stereocenters. The molecule has 12 heavy (non-hydrogen) atoms. The maximum Gasteiger partial charge on any atom is 0.129 e. The first-order valence-corrected chi connectivity index (χ1v) is 6.76. The predicted molar refractivity (Wildman–Crippen MR) is 66.4 cm³/mol. The van der Waals surface area contributed by atoms with Crippen LogP contribution in [0.5, 0.6) is 0 Å². The number of halogens is 2. The van der Waals surface area contributed by atoms with Gasteiger partial charge in [-0.3, -0.25) is 0 Å². The van der Waals surface area contributed by atoms with Gasteiger partial charge in [0.1, 0.15) is 11.5 Å². The first-order valence-electron chi connectivity index (χ1n) is 3.47. The van der Waals surface area contributed by atoms with Crippen LogP contribution in [0.3, 0.4) is 0 Å². The van der Waals surface area contributed by atoms with Crippen LogP contribution in [0.2, 0.25) is 0 Å². The van der Waals surface area contributed by atoms with E-state index in [0.29, 0.717) is 0 Å². The van der Waals surface area contributed by atoms with Gasteiger partial charge < -0.3 is 14.9 Å². The molecule has 6 heteroatoms. The molecule has 1 saturated heterocycles. The molecule has 0 aliphatic carbocycles. The van der Waals surface area contributed by atoms with Crippen molar-refractivity contribution in [2.24, 2.45) is 0 Å². The largest absolute Gasteiger partial charge is 0.389 e. The molecule has 5 unspecified atom stereocenters. The molecular weight excluding hydrogens is 406 g/mol. The fraction of sp³-hybridized carbons (Fsp3) is 1.00. The average molecular weight is 416 g/mol. The van der Waals surface area contributed by atoms with Gasteiger partial charge in [0.05, 0.1) is 16.1 Å². The minimum atomic E-state index is -0.880. The molecule has 0 aromatic heterocycles. The Morgan fingerprint density at radius 3 is 2.42 bits per heavy atom. The summed E-state index contributed by atoms with van der Waals surface area (Å²) in [5.41, 5.74) is -0.564. The van der Waals surface area contributed by atoms with E-state index in [1.165, 1.54) is 0 Å². The van der Waals surface area contributed by atoms with Gasteiger partial charge >= 0.3 is 0 Å². The Morgan fingerprint density at radius 1 is 1.33 bits per heavy atom. The number of thiol groups is 1. The third-order valence-electron chi connectivity index (χ3n) is 1.79. The van der Waals surface area contributed by atoms with Crippen molar-refractivity contribution in [3.05, 3.63) is 0 Å². The standard InChI is InChI=1S/C6H10I2O3S/c7-1-2-3(8)4(9)5(10)6(12)11-2/h2-6,9-10,12H,1H2. The van der Waals surface area contributed by atoms with E-state index < -0.39 is 17.6 Å². The smallest absolute Gasteiger partial charge is 0.129 e. The van der Waals surface area contributed by atoms with Crippen molar-refractivity contribution in [3.8, 4) is 0 Å². The molecule has 0 bridgehead atoms. The lowest BCUT2D eigenvalue weighted by atomic mass is 10.0. The van der Waals surface area contributed by atoms with Crippen molar-refractivity contribution < 1.29 is 14.9 Å². The molecule has 1 rings (SSSR count). The first-order chi connectivity index (χ1) is 5.57. The monoisotopic (exact) mass is 416 g/mol. The summed E-state index contributed by atoms with van der Waals surface area (Å²) in [5.74, 6) is 0. The average Bonchev–Trinajstić information content (AvgIpc) is 2.08. The molecule has 0 spiro atoms. The van der Waals surface area contributed by atoms with Gasteiger partial charge in [0, 0.05) is 4.43 Å². The van der Waals surface area contributed by atoms with Crippen LogP contribution in [-0.2, 0) is 4.74 Å². The van der Waals surface area contributed by atoms with Crippen molar-refractivity contribution in [2.75, 3.05) is 4.43 Å². The van der Waals surface area contributed by atoms with E-state index in [9.17, 15) is 10.2 Å². The summed E-state index contributed by atoms with van der Waals surface area (Å²) in [7, 11) is 0. The van der Waals surface area contributed by atoms with Crippen LogP contribution in [0.25, 0.3) is 0 Å². The fourth-order valence-electron chi connectivity index (χ4n) is 1.03. The highest BCUT2D eigenvalue weighted by atomic mass is 127. The van der Waals surface area contributed by atoms with Crippen LogP contribution in [-0.4, -0.2) is 42.3 Å². The predicted octanol–water partition coefficient (Wildman–Crippen LogP) is 0.601. The van der Waals surface area contributed by atoms with E-state index in [1.807, 2.05) is 0 Å². The summed E-state index contributed by atoms with van der Waals surface area (Å²) in [6, 6.07) is 0. The first kappa shape index (κ1) is 11.8. The van der Waals surface area contributed by atoms with E-state index in [-0.39, 0.29) is 10.0 Å². The second-order valence-corrected chi connectivity index (χ2v) is 5.47. The summed E-state index contributed by atoms with van der Waals surface area (Å²) in [4.78, 5) is 0. The number of rotatable bonds is 1. The third kappa shape index (κ3) is 2.38. The number of alkyl halides is 2. The lowest BCUT2D eigenvalue weighted by molar-refractivity contribution is -0.118. The SMILES string of the molecule is OC1C(S)OC(CI)C(I)C1O. The van der Waals surface area contributed by atoms with Gasteiger partial charge in [0.25, 0.3) is 0 Å². The van der Waals surface area contributed by atoms with Crippen molar-refractivity contribution in [1.29, 1.82) is 0 Å². The lowest BCUT2D eigenvalue weighted by Gasteiger charge is -2.38. The van der Waals surface area contributed by atoms with Crippen LogP contribution < -0.4 is 0 Å². The zero-order chi connectivity index (χ0) is 9.30. The molecule has 0 radical (unpaired) electrons. The Morgan fingerprint density at radius 2 is 1.92 bits per heavy atom. The van der Waals surface area contributed by atoms with Gasteiger partial charge in [-0.05, 0) is 0 Å². The normalized spacial score (nSPS) is 49.2. The van der Waals surface area contributed by atoms with E-state index >= 15 is 0 Å². The van der Waals surface area contributed by atoms with E-state index in [2.05, 4.69) is 57.8 Å². The molecule has 2 N–H and O–H groups in total. The molecule has 3 nitrogen and oxygen atoms in total. The van der Waals surface area contributed by atoms with E-state index in [0.717, 1.165) is 4.43 Å². The molecule has 1 aliphatic heterocycles. The van der Waals surface area contributed by atoms with Crippen LogP contribution in [0, 0.1) is 0 Å². The number of aliphatic hydroxyl groups excluding tert-OH is 2. The lowest BCUT2D eigenvalue weighted by Crippen LogP contribution is -2.53. The van der Waals surface area contributed by atoms with Gasteiger partial charge in [0.2, 0.25) is 0 Å². The minimum absolute atomic E-state index is 0.0212. The number of hydrogen-bond acceptors (Lipinski definition) is 4. The van der Waals surface area contributed by atoms with Gasteiger partial charge in [-0.25, -0.2) is 0 Å². The molecule has 0 aromatic rings. The van der Waals surface area contributed by atoms with Crippen molar-refractivity contribution >= 4 is 57.8 Å². The molecule has 0 aromatic carbocycles. The van der Waals surface area contributed by atoms with Gasteiger partial charge in [-0.15, -0.1) is 12.6 Å². The highest BCUT2D eigenvalue weighted by molar-refractivity contribution is 14.1. The summed E-state index contributed by atoms with van der Waals surface area (Å²) >= 11 is 8.32. The minimum Gasteiger partial charge on any atom is -0.389 e. The second kappa shape index (κ2) is 4.96. The Bertz CT molecular complexity index is 155. The maximum absolute atomic E-state index is 9.53. The van der Waals surface area contributed by atoms with E-state index in [1.54, 1.807) is 0 Å². The Labute approximate surface area is 104 Å². The van der Waals surface area contributed by atoms with Crippen molar-refractivity contribution in [3.63, 3.8) is 0 Å². The van der Waals surface area contributed by atoms with E-state index in [4.69, 9.17) is 4.74 Å². The summed E-state index contributed by atoms with van der Waals surface area (Å²) in [5, 5.41) is 18.9. The number of hydrogen-bond donors (Lipinski definition) is 3. The molecule has 0 saturated carbocycles. The maximum atomic E-state index is 9.53.